The van der Waals surface area contributed by atoms with Gasteiger partial charge in [-0.15, -0.1) is 11.8 Å². The lowest BCUT2D eigenvalue weighted by molar-refractivity contribution is 0.574. The van der Waals surface area contributed by atoms with E-state index in [0.29, 0.717) is 5.02 Å². The lowest BCUT2D eigenvalue weighted by Gasteiger charge is -2.23. The molecule has 2 N–H and O–H groups in total. The van der Waals surface area contributed by atoms with Gasteiger partial charge in [-0.1, -0.05) is 30.7 Å². The van der Waals surface area contributed by atoms with Crippen LogP contribution in [0.15, 0.2) is 47.4 Å². The lowest BCUT2D eigenvalue weighted by atomic mass is 10.0. The summed E-state index contributed by atoms with van der Waals surface area (Å²) in [5.41, 5.74) is 7.10. The second kappa shape index (κ2) is 7.25. The van der Waals surface area contributed by atoms with E-state index >= 15 is 0 Å². The summed E-state index contributed by atoms with van der Waals surface area (Å²) in [6, 6.07) is 10.6. The molecule has 0 spiro atoms. The summed E-state index contributed by atoms with van der Waals surface area (Å²) < 4.78 is 27.1. The lowest BCUT2D eigenvalue weighted by Crippen LogP contribution is -2.25. The van der Waals surface area contributed by atoms with Crippen molar-refractivity contribution in [2.45, 2.75) is 29.5 Å². The van der Waals surface area contributed by atoms with Crippen LogP contribution in [-0.2, 0) is 0 Å². The van der Waals surface area contributed by atoms with Crippen molar-refractivity contribution in [3.8, 4) is 0 Å². The van der Waals surface area contributed by atoms with Gasteiger partial charge in [0, 0.05) is 21.2 Å². The third-order valence-corrected chi connectivity index (χ3v) is 4.90. The predicted molar refractivity (Wildman–Crippen MR) is 84.7 cm³/mol. The van der Waals surface area contributed by atoms with Gasteiger partial charge in [-0.3, -0.25) is 0 Å². The molecule has 1 nitrogen and oxygen atoms in total. The van der Waals surface area contributed by atoms with Gasteiger partial charge in [0.05, 0.1) is 0 Å². The summed E-state index contributed by atoms with van der Waals surface area (Å²) in [6.07, 6.45) is 0.733. The van der Waals surface area contributed by atoms with Crippen LogP contribution in [-0.4, -0.2) is 6.04 Å². The Bertz CT molecular complexity index is 604. The Morgan fingerprint density at radius 1 is 1.14 bits per heavy atom. The fourth-order valence-corrected chi connectivity index (χ4v) is 3.39. The molecule has 2 aromatic rings. The Balaban J connectivity index is 2.32. The van der Waals surface area contributed by atoms with Crippen molar-refractivity contribution >= 4 is 23.4 Å². The van der Waals surface area contributed by atoms with E-state index in [1.54, 1.807) is 12.1 Å². The third kappa shape index (κ3) is 4.19. The molecule has 0 aliphatic carbocycles. The van der Waals surface area contributed by atoms with E-state index in [0.717, 1.165) is 24.1 Å². The first-order valence-corrected chi connectivity index (χ1v) is 7.89. The van der Waals surface area contributed by atoms with Gasteiger partial charge in [-0.25, -0.2) is 8.78 Å². The van der Waals surface area contributed by atoms with Crippen LogP contribution in [0.5, 0.6) is 0 Å². The van der Waals surface area contributed by atoms with Gasteiger partial charge in [0.1, 0.15) is 11.6 Å². The van der Waals surface area contributed by atoms with Crippen LogP contribution in [0.3, 0.4) is 0 Å². The SMILES string of the molecule is CCC(N)C(Sc1cc(F)ccc1F)c1ccc(Cl)cc1. The van der Waals surface area contributed by atoms with E-state index < -0.39 is 11.6 Å². The van der Waals surface area contributed by atoms with Gasteiger partial charge in [0.25, 0.3) is 0 Å². The fraction of sp³-hybridized carbons (Fsp3) is 0.250. The quantitative estimate of drug-likeness (QED) is 0.765. The largest absolute Gasteiger partial charge is 0.326 e. The van der Waals surface area contributed by atoms with Crippen LogP contribution < -0.4 is 5.73 Å². The average Bonchev–Trinajstić information content (AvgIpc) is 2.48. The van der Waals surface area contributed by atoms with Crippen molar-refractivity contribution in [3.05, 3.63) is 64.7 Å². The maximum atomic E-state index is 13.8. The molecule has 0 fully saturated rings. The van der Waals surface area contributed by atoms with Gasteiger partial charge >= 0.3 is 0 Å². The van der Waals surface area contributed by atoms with Gasteiger partial charge < -0.3 is 5.73 Å². The summed E-state index contributed by atoms with van der Waals surface area (Å²) in [5.74, 6) is -0.900. The Morgan fingerprint density at radius 3 is 2.43 bits per heavy atom. The number of benzene rings is 2. The minimum atomic E-state index is -0.459. The van der Waals surface area contributed by atoms with Gasteiger partial charge in [-0.05, 0) is 42.3 Å². The van der Waals surface area contributed by atoms with E-state index in [4.69, 9.17) is 17.3 Å². The van der Waals surface area contributed by atoms with E-state index in [9.17, 15) is 8.78 Å². The van der Waals surface area contributed by atoms with Crippen LogP contribution >= 0.6 is 23.4 Å². The summed E-state index contributed by atoms with van der Waals surface area (Å²) in [7, 11) is 0. The molecule has 21 heavy (non-hydrogen) atoms. The maximum absolute atomic E-state index is 13.8. The molecule has 2 aromatic carbocycles. The molecule has 2 atom stereocenters. The minimum absolute atomic E-state index is 0.163. The van der Waals surface area contributed by atoms with Crippen LogP contribution in [0.4, 0.5) is 8.78 Å². The van der Waals surface area contributed by atoms with Crippen molar-refractivity contribution in [2.24, 2.45) is 5.73 Å². The molecule has 0 aliphatic heterocycles. The van der Waals surface area contributed by atoms with Crippen molar-refractivity contribution < 1.29 is 8.78 Å². The van der Waals surface area contributed by atoms with E-state index in [1.807, 2.05) is 19.1 Å². The molecule has 2 unspecified atom stereocenters. The Morgan fingerprint density at radius 2 is 1.81 bits per heavy atom. The molecule has 0 aliphatic rings. The number of nitrogens with two attached hydrogens (primary N) is 1. The van der Waals surface area contributed by atoms with Crippen LogP contribution in [0, 0.1) is 11.6 Å². The minimum Gasteiger partial charge on any atom is -0.326 e. The van der Waals surface area contributed by atoms with Crippen molar-refractivity contribution in [2.75, 3.05) is 0 Å². The molecule has 0 amide bonds. The third-order valence-electron chi connectivity index (χ3n) is 3.21. The molecule has 112 valence electrons. The Hall–Kier alpha value is -1.10. The Labute approximate surface area is 132 Å². The number of thioether (sulfide) groups is 1. The van der Waals surface area contributed by atoms with Crippen molar-refractivity contribution in [1.82, 2.24) is 0 Å². The van der Waals surface area contributed by atoms with E-state index in [-0.39, 0.29) is 16.2 Å². The summed E-state index contributed by atoms with van der Waals surface area (Å²) in [4.78, 5) is 0.263. The average molecular weight is 328 g/mol. The first-order valence-electron chi connectivity index (χ1n) is 6.64. The number of rotatable bonds is 5. The van der Waals surface area contributed by atoms with E-state index in [1.165, 1.54) is 17.8 Å². The van der Waals surface area contributed by atoms with Crippen molar-refractivity contribution in [1.29, 1.82) is 0 Å². The summed E-state index contributed by atoms with van der Waals surface area (Å²) >= 11 is 7.13. The normalized spacial score (nSPS) is 14.0. The zero-order valence-electron chi connectivity index (χ0n) is 11.5. The van der Waals surface area contributed by atoms with E-state index in [2.05, 4.69) is 0 Å². The number of hydrogen-bond acceptors (Lipinski definition) is 2. The number of hydrogen-bond donors (Lipinski definition) is 1. The molecular weight excluding hydrogens is 312 g/mol. The highest BCUT2D eigenvalue weighted by Crippen LogP contribution is 2.39. The highest BCUT2D eigenvalue weighted by molar-refractivity contribution is 7.99. The van der Waals surface area contributed by atoms with Gasteiger partial charge in [-0.2, -0.15) is 0 Å². The molecule has 0 saturated heterocycles. The first kappa shape index (κ1) is 16.3. The summed E-state index contributed by atoms with van der Waals surface area (Å²) in [6.45, 7) is 1.97. The molecular formula is C16H16ClF2NS. The smallest absolute Gasteiger partial charge is 0.136 e. The zero-order chi connectivity index (χ0) is 15.4. The number of halogens is 3. The van der Waals surface area contributed by atoms with Crippen LogP contribution in [0.25, 0.3) is 0 Å². The molecule has 0 radical (unpaired) electrons. The summed E-state index contributed by atoms with van der Waals surface area (Å²) in [5, 5.41) is 0.466. The second-order valence-corrected chi connectivity index (χ2v) is 6.36. The molecule has 0 saturated carbocycles. The van der Waals surface area contributed by atoms with Gasteiger partial charge in [0.2, 0.25) is 0 Å². The van der Waals surface area contributed by atoms with Crippen LogP contribution in [0.2, 0.25) is 5.02 Å². The van der Waals surface area contributed by atoms with Crippen LogP contribution in [0.1, 0.15) is 24.2 Å². The van der Waals surface area contributed by atoms with Gasteiger partial charge in [0.15, 0.2) is 0 Å². The maximum Gasteiger partial charge on any atom is 0.136 e. The molecule has 0 heterocycles. The molecule has 5 heteroatoms. The van der Waals surface area contributed by atoms with Crippen molar-refractivity contribution in [3.63, 3.8) is 0 Å². The first-order chi connectivity index (χ1) is 10.0. The molecule has 0 bridgehead atoms. The standard InChI is InChI=1S/C16H16ClF2NS/c1-2-14(20)16(10-3-5-11(17)6-4-10)21-15-9-12(18)7-8-13(15)19/h3-9,14,16H,2,20H2,1H3. The second-order valence-electron chi connectivity index (χ2n) is 4.74. The highest BCUT2D eigenvalue weighted by Gasteiger charge is 2.21. The topological polar surface area (TPSA) is 26.0 Å². The highest BCUT2D eigenvalue weighted by atomic mass is 35.5. The zero-order valence-corrected chi connectivity index (χ0v) is 13.1. The fourth-order valence-electron chi connectivity index (χ4n) is 1.97. The molecule has 0 aromatic heterocycles. The monoisotopic (exact) mass is 327 g/mol. The molecule has 2 rings (SSSR count). The predicted octanol–water partition coefficient (Wildman–Crippen LogP) is 5.19. The Kier molecular flexibility index (Phi) is 5.62.